The van der Waals surface area contributed by atoms with Crippen LogP contribution in [-0.4, -0.2) is 36.3 Å². The van der Waals surface area contributed by atoms with Crippen molar-refractivity contribution in [2.24, 2.45) is 0 Å². The van der Waals surface area contributed by atoms with Gasteiger partial charge in [0.25, 0.3) is 0 Å². The van der Waals surface area contributed by atoms with Gasteiger partial charge in [0.2, 0.25) is 0 Å². The van der Waals surface area contributed by atoms with Crippen molar-refractivity contribution in [3.05, 3.63) is 137 Å². The molecule has 0 bridgehead atoms. The summed E-state index contributed by atoms with van der Waals surface area (Å²) in [7, 11) is 0. The first-order chi connectivity index (χ1) is 21.1. The van der Waals surface area contributed by atoms with Gasteiger partial charge in [-0.1, -0.05) is 117 Å². The Bertz CT molecular complexity index is 1300. The van der Waals surface area contributed by atoms with Gasteiger partial charge in [0.05, 0.1) is 12.7 Å². The van der Waals surface area contributed by atoms with Crippen LogP contribution in [0.15, 0.2) is 109 Å². The van der Waals surface area contributed by atoms with E-state index in [1.807, 2.05) is 48.5 Å². The molecule has 43 heavy (non-hydrogen) atoms. The van der Waals surface area contributed by atoms with E-state index in [4.69, 9.17) is 9.47 Å². The molecule has 4 nitrogen and oxygen atoms in total. The maximum absolute atomic E-state index is 14.9. The number of hydrogen-bond donors (Lipinski definition) is 1. The fourth-order valence-corrected chi connectivity index (χ4v) is 5.30. The molecule has 0 saturated heterocycles. The minimum atomic E-state index is -0.800. The topological polar surface area (TPSA) is 41.9 Å². The number of aliphatic hydroxyl groups is 1. The lowest BCUT2D eigenvalue weighted by molar-refractivity contribution is 0.105. The molecule has 2 atom stereocenters. The molecule has 4 rings (SSSR count). The average molecular weight is 584 g/mol. The normalized spacial score (nSPS) is 12.7. The van der Waals surface area contributed by atoms with Gasteiger partial charge >= 0.3 is 0 Å². The number of hydrogen-bond acceptors (Lipinski definition) is 4. The Morgan fingerprint density at radius 3 is 2.07 bits per heavy atom. The molecule has 4 aromatic carbocycles. The lowest BCUT2D eigenvalue weighted by Gasteiger charge is -2.25. The quantitative estimate of drug-likeness (QED) is 0.112. The summed E-state index contributed by atoms with van der Waals surface area (Å²) in [4.78, 5) is 2.26. The number of benzene rings is 4. The third kappa shape index (κ3) is 11.3. The highest BCUT2D eigenvalue weighted by atomic mass is 19.1. The smallest absolute Gasteiger partial charge is 0.165 e. The molecular weight excluding hydrogens is 537 g/mol. The molecule has 2 unspecified atom stereocenters. The largest absolute Gasteiger partial charge is 0.486 e. The van der Waals surface area contributed by atoms with Crippen molar-refractivity contribution in [3.8, 4) is 5.75 Å². The molecule has 1 N–H and O–H groups in total. The van der Waals surface area contributed by atoms with Gasteiger partial charge in [-0.2, -0.15) is 0 Å². The van der Waals surface area contributed by atoms with Crippen LogP contribution in [0.1, 0.15) is 73.3 Å². The van der Waals surface area contributed by atoms with Crippen LogP contribution in [0.5, 0.6) is 5.75 Å². The van der Waals surface area contributed by atoms with Crippen LogP contribution < -0.4 is 4.74 Å². The minimum absolute atomic E-state index is 0.190. The van der Waals surface area contributed by atoms with Crippen molar-refractivity contribution >= 4 is 0 Å². The molecule has 5 heteroatoms. The Morgan fingerprint density at radius 2 is 1.40 bits per heavy atom. The van der Waals surface area contributed by atoms with Crippen LogP contribution in [0, 0.1) is 5.82 Å². The van der Waals surface area contributed by atoms with Crippen molar-refractivity contribution in [2.45, 2.75) is 64.2 Å². The highest BCUT2D eigenvalue weighted by Gasteiger charge is 2.17. The summed E-state index contributed by atoms with van der Waals surface area (Å²) in [5.41, 5.74) is 4.08. The summed E-state index contributed by atoms with van der Waals surface area (Å²) < 4.78 is 26.6. The van der Waals surface area contributed by atoms with Crippen molar-refractivity contribution in [3.63, 3.8) is 0 Å². The van der Waals surface area contributed by atoms with E-state index in [1.165, 1.54) is 17.2 Å². The number of ether oxygens (including phenoxy) is 2. The second kappa shape index (κ2) is 18.2. The van der Waals surface area contributed by atoms with Crippen LogP contribution in [0.4, 0.5) is 4.39 Å². The molecule has 0 spiro atoms. The Balaban J connectivity index is 1.22. The fraction of sp³-hybridized carbons (Fsp3) is 0.368. The molecule has 0 fully saturated rings. The van der Waals surface area contributed by atoms with Gasteiger partial charge in [0, 0.05) is 25.6 Å². The van der Waals surface area contributed by atoms with E-state index < -0.39 is 11.9 Å². The van der Waals surface area contributed by atoms with Gasteiger partial charge in [0.1, 0.15) is 6.61 Å². The zero-order chi connectivity index (χ0) is 30.1. The highest BCUT2D eigenvalue weighted by Crippen LogP contribution is 2.25. The van der Waals surface area contributed by atoms with Crippen LogP contribution >= 0.6 is 0 Å². The monoisotopic (exact) mass is 583 g/mol. The van der Waals surface area contributed by atoms with E-state index in [9.17, 15) is 9.50 Å². The van der Waals surface area contributed by atoms with E-state index in [2.05, 4.69) is 54.3 Å². The Labute approximate surface area is 257 Å². The van der Waals surface area contributed by atoms with E-state index in [0.717, 1.165) is 64.0 Å². The maximum Gasteiger partial charge on any atom is 0.165 e. The van der Waals surface area contributed by atoms with Gasteiger partial charge in [-0.3, -0.25) is 4.90 Å². The molecule has 0 aliphatic heterocycles. The molecular formula is C38H46FNO3. The summed E-state index contributed by atoms with van der Waals surface area (Å²) in [6.07, 6.45) is 4.56. The molecule has 4 aromatic rings. The van der Waals surface area contributed by atoms with Gasteiger partial charge in [-0.05, 0) is 60.2 Å². The predicted octanol–water partition coefficient (Wildman–Crippen LogP) is 8.71. The second-order valence-electron chi connectivity index (χ2n) is 11.2. The van der Waals surface area contributed by atoms with Crippen molar-refractivity contribution in [1.29, 1.82) is 0 Å². The summed E-state index contributed by atoms with van der Waals surface area (Å²) in [5.74, 6) is 0.180. The van der Waals surface area contributed by atoms with Crippen LogP contribution in [0.25, 0.3) is 0 Å². The first-order valence-electron chi connectivity index (χ1n) is 15.7. The third-order valence-corrected chi connectivity index (χ3v) is 7.85. The van der Waals surface area contributed by atoms with Crippen LogP contribution in [0.3, 0.4) is 0 Å². The van der Waals surface area contributed by atoms with Crippen molar-refractivity contribution in [1.82, 2.24) is 4.90 Å². The molecule has 0 amide bonds. The number of halogens is 1. The van der Waals surface area contributed by atoms with Crippen molar-refractivity contribution in [2.75, 3.05) is 26.3 Å². The molecule has 228 valence electrons. The first-order valence-corrected chi connectivity index (χ1v) is 15.7. The van der Waals surface area contributed by atoms with E-state index >= 15 is 0 Å². The van der Waals surface area contributed by atoms with Crippen LogP contribution in [-0.2, 0) is 17.9 Å². The highest BCUT2D eigenvalue weighted by molar-refractivity contribution is 5.31. The lowest BCUT2D eigenvalue weighted by Crippen LogP contribution is -2.29. The number of aliphatic hydroxyl groups excluding tert-OH is 1. The average Bonchev–Trinajstić information content (AvgIpc) is 3.04. The third-order valence-electron chi connectivity index (χ3n) is 7.85. The van der Waals surface area contributed by atoms with E-state index in [-0.39, 0.29) is 5.75 Å². The van der Waals surface area contributed by atoms with Gasteiger partial charge in [0.15, 0.2) is 11.6 Å². The Kier molecular flexibility index (Phi) is 13.7. The zero-order valence-electron chi connectivity index (χ0n) is 25.4. The molecule has 0 radical (unpaired) electrons. The predicted molar refractivity (Wildman–Crippen MR) is 173 cm³/mol. The van der Waals surface area contributed by atoms with E-state index in [1.54, 1.807) is 12.1 Å². The number of unbranched alkanes of at least 4 members (excludes halogenated alkanes) is 3. The lowest BCUT2D eigenvalue weighted by atomic mass is 9.98. The standard InChI is InChI=1S/C38H46FNO3/c1-2-33(34-20-12-7-13-21-34)30-42-25-15-4-3-14-24-40(27-31-16-8-5-9-17-31)28-37(41)35-22-23-38(36(39)26-35)43-29-32-18-10-6-11-19-32/h5-13,16-23,26,33,37,41H,2-4,14-15,24-25,27-30H2,1H3. The number of rotatable bonds is 19. The van der Waals surface area contributed by atoms with Crippen molar-refractivity contribution < 1.29 is 19.0 Å². The van der Waals surface area contributed by atoms with Gasteiger partial charge in [-0.15, -0.1) is 0 Å². The maximum atomic E-state index is 14.9. The minimum Gasteiger partial charge on any atom is -0.486 e. The van der Waals surface area contributed by atoms with Gasteiger partial charge < -0.3 is 14.6 Å². The molecule has 0 aliphatic carbocycles. The van der Waals surface area contributed by atoms with Crippen LogP contribution in [0.2, 0.25) is 0 Å². The molecule has 0 saturated carbocycles. The molecule has 0 aliphatic rings. The summed E-state index contributed by atoms with van der Waals surface area (Å²) in [6, 6.07) is 35.4. The van der Waals surface area contributed by atoms with Gasteiger partial charge in [-0.25, -0.2) is 4.39 Å². The molecule has 0 heterocycles. The summed E-state index contributed by atoms with van der Waals surface area (Å²) >= 11 is 0. The summed E-state index contributed by atoms with van der Waals surface area (Å²) in [6.45, 7) is 6.09. The first kappa shape index (κ1) is 32.4. The molecule has 0 aromatic heterocycles. The SMILES string of the molecule is CCC(COCCCCCCN(Cc1ccccc1)CC(O)c1ccc(OCc2ccccc2)c(F)c1)c1ccccc1. The second-order valence-corrected chi connectivity index (χ2v) is 11.2. The zero-order valence-corrected chi connectivity index (χ0v) is 25.4. The van der Waals surface area contributed by atoms with E-state index in [0.29, 0.717) is 24.6 Å². The fourth-order valence-electron chi connectivity index (χ4n) is 5.30. The Morgan fingerprint density at radius 1 is 0.744 bits per heavy atom. The number of nitrogens with zero attached hydrogens (tertiary/aromatic N) is 1. The summed E-state index contributed by atoms with van der Waals surface area (Å²) in [5, 5.41) is 11.1. The Hall–Kier alpha value is -3.51.